The van der Waals surface area contributed by atoms with E-state index in [0.29, 0.717) is 19.1 Å². The Morgan fingerprint density at radius 2 is 1.58 bits per heavy atom. The van der Waals surface area contributed by atoms with E-state index in [1.807, 2.05) is 66.7 Å². The molecular weight excluding hydrogens is 388 g/mol. The van der Waals surface area contributed by atoms with E-state index >= 15 is 0 Å². The summed E-state index contributed by atoms with van der Waals surface area (Å²) in [5.41, 5.74) is 2.78. The average Bonchev–Trinajstić information content (AvgIpc) is 2.79. The average molecular weight is 419 g/mol. The molecule has 0 heterocycles. The first-order valence-corrected chi connectivity index (χ1v) is 10.6. The maximum atomic E-state index is 12.3. The van der Waals surface area contributed by atoms with E-state index in [9.17, 15) is 4.79 Å². The quantitative estimate of drug-likeness (QED) is 0.438. The van der Waals surface area contributed by atoms with E-state index in [-0.39, 0.29) is 12.5 Å². The van der Waals surface area contributed by atoms with Crippen molar-refractivity contribution in [2.45, 2.75) is 20.3 Å². The zero-order valence-corrected chi connectivity index (χ0v) is 18.1. The Hall–Kier alpha value is -3.47. The number of benzene rings is 3. The molecule has 0 atom stereocenters. The van der Waals surface area contributed by atoms with E-state index in [1.165, 1.54) is 5.56 Å². The van der Waals surface area contributed by atoms with Gasteiger partial charge in [0.1, 0.15) is 11.5 Å². The number of anilines is 2. The predicted molar refractivity (Wildman–Crippen MR) is 126 cm³/mol. The summed E-state index contributed by atoms with van der Waals surface area (Å²) in [6.07, 6.45) is 0.855. The lowest BCUT2D eigenvalue weighted by atomic mass is 10.2. The van der Waals surface area contributed by atoms with E-state index in [1.54, 1.807) is 0 Å². The maximum Gasteiger partial charge on any atom is 0.243 e. The molecule has 3 aromatic carbocycles. The number of para-hydroxylation sites is 2. The summed E-state index contributed by atoms with van der Waals surface area (Å²) in [5.74, 6) is 1.84. The molecule has 1 amide bonds. The van der Waals surface area contributed by atoms with Crippen molar-refractivity contribution in [1.82, 2.24) is 0 Å². The molecule has 0 spiro atoms. The molecule has 5 nitrogen and oxygen atoms in total. The SMILES string of the molecule is CC(C)COc1ccccc1NCC(=O)Nc1ccc(OCCc2ccccc2)cc1. The Kier molecular flexibility index (Phi) is 8.35. The third-order valence-electron chi connectivity index (χ3n) is 4.54. The van der Waals surface area contributed by atoms with Gasteiger partial charge in [0.2, 0.25) is 5.91 Å². The normalized spacial score (nSPS) is 10.5. The molecule has 0 aliphatic rings. The monoisotopic (exact) mass is 418 g/mol. The van der Waals surface area contributed by atoms with Gasteiger partial charge in [-0.3, -0.25) is 4.79 Å². The Labute approximate surface area is 184 Å². The van der Waals surface area contributed by atoms with Gasteiger partial charge in [-0.25, -0.2) is 0 Å². The lowest BCUT2D eigenvalue weighted by Crippen LogP contribution is -2.22. The summed E-state index contributed by atoms with van der Waals surface area (Å²) in [4.78, 5) is 12.3. The van der Waals surface area contributed by atoms with Crippen molar-refractivity contribution >= 4 is 17.3 Å². The number of nitrogens with one attached hydrogen (secondary N) is 2. The highest BCUT2D eigenvalue weighted by atomic mass is 16.5. The third-order valence-corrected chi connectivity index (χ3v) is 4.54. The number of amides is 1. The van der Waals surface area contributed by atoms with Crippen LogP contribution in [0.4, 0.5) is 11.4 Å². The Balaban J connectivity index is 1.43. The Morgan fingerprint density at radius 3 is 2.32 bits per heavy atom. The van der Waals surface area contributed by atoms with Crippen LogP contribution in [0.1, 0.15) is 19.4 Å². The highest BCUT2D eigenvalue weighted by molar-refractivity contribution is 5.94. The van der Waals surface area contributed by atoms with Crippen molar-refractivity contribution < 1.29 is 14.3 Å². The maximum absolute atomic E-state index is 12.3. The predicted octanol–water partition coefficient (Wildman–Crippen LogP) is 5.39. The molecule has 0 aliphatic heterocycles. The summed E-state index contributed by atoms with van der Waals surface area (Å²) in [7, 11) is 0. The van der Waals surface area contributed by atoms with Crippen LogP contribution in [0.25, 0.3) is 0 Å². The molecule has 0 radical (unpaired) electrons. The smallest absolute Gasteiger partial charge is 0.243 e. The molecule has 0 unspecified atom stereocenters. The molecule has 31 heavy (non-hydrogen) atoms. The van der Waals surface area contributed by atoms with Crippen LogP contribution >= 0.6 is 0 Å². The molecule has 0 bridgehead atoms. The first kappa shape index (κ1) is 22.2. The summed E-state index contributed by atoms with van der Waals surface area (Å²) in [6, 6.07) is 25.3. The van der Waals surface area contributed by atoms with Crippen molar-refractivity contribution in [2.24, 2.45) is 5.92 Å². The number of carbonyl (C=O) groups excluding carboxylic acids is 1. The van der Waals surface area contributed by atoms with Crippen molar-refractivity contribution in [3.05, 3.63) is 84.4 Å². The summed E-state index contributed by atoms with van der Waals surface area (Å²) < 4.78 is 11.6. The first-order chi connectivity index (χ1) is 15.1. The number of rotatable bonds is 11. The summed E-state index contributed by atoms with van der Waals surface area (Å²) >= 11 is 0. The van der Waals surface area contributed by atoms with E-state index in [2.05, 4.69) is 36.6 Å². The molecule has 5 heteroatoms. The van der Waals surface area contributed by atoms with Gasteiger partial charge in [-0.1, -0.05) is 56.3 Å². The van der Waals surface area contributed by atoms with Crippen molar-refractivity contribution in [3.8, 4) is 11.5 Å². The van der Waals surface area contributed by atoms with Gasteiger partial charge < -0.3 is 20.1 Å². The van der Waals surface area contributed by atoms with Gasteiger partial charge in [-0.2, -0.15) is 0 Å². The van der Waals surface area contributed by atoms with Crippen LogP contribution in [-0.4, -0.2) is 25.7 Å². The zero-order chi connectivity index (χ0) is 21.9. The fourth-order valence-electron chi connectivity index (χ4n) is 2.94. The minimum absolute atomic E-state index is 0.128. The summed E-state index contributed by atoms with van der Waals surface area (Å²) in [6.45, 7) is 5.59. The van der Waals surface area contributed by atoms with Crippen molar-refractivity contribution in [1.29, 1.82) is 0 Å². The van der Waals surface area contributed by atoms with Crippen LogP contribution in [0, 0.1) is 5.92 Å². The van der Waals surface area contributed by atoms with E-state index in [4.69, 9.17) is 9.47 Å². The Morgan fingerprint density at radius 1 is 0.871 bits per heavy atom. The van der Waals surface area contributed by atoms with Crippen LogP contribution < -0.4 is 20.1 Å². The second-order valence-corrected chi connectivity index (χ2v) is 7.71. The van der Waals surface area contributed by atoms with Gasteiger partial charge in [0, 0.05) is 12.1 Å². The van der Waals surface area contributed by atoms with E-state index in [0.717, 1.165) is 29.3 Å². The molecule has 162 valence electrons. The van der Waals surface area contributed by atoms with Crippen LogP contribution in [0.3, 0.4) is 0 Å². The molecule has 2 N–H and O–H groups in total. The molecule has 0 aromatic heterocycles. The molecular formula is C26H30N2O3. The first-order valence-electron chi connectivity index (χ1n) is 10.6. The van der Waals surface area contributed by atoms with Gasteiger partial charge in [0.25, 0.3) is 0 Å². The minimum Gasteiger partial charge on any atom is -0.493 e. The minimum atomic E-state index is -0.128. The number of hydrogen-bond acceptors (Lipinski definition) is 4. The lowest BCUT2D eigenvalue weighted by molar-refractivity contribution is -0.114. The van der Waals surface area contributed by atoms with Gasteiger partial charge in [-0.15, -0.1) is 0 Å². The lowest BCUT2D eigenvalue weighted by Gasteiger charge is -2.14. The van der Waals surface area contributed by atoms with E-state index < -0.39 is 0 Å². The molecule has 0 saturated carbocycles. The second-order valence-electron chi connectivity index (χ2n) is 7.71. The molecule has 3 rings (SSSR count). The largest absolute Gasteiger partial charge is 0.493 e. The van der Waals surface area contributed by atoms with Crippen LogP contribution in [0.15, 0.2) is 78.9 Å². The number of hydrogen-bond donors (Lipinski definition) is 2. The van der Waals surface area contributed by atoms with Crippen LogP contribution in [0.5, 0.6) is 11.5 Å². The fraction of sp³-hybridized carbons (Fsp3) is 0.269. The Bertz CT molecular complexity index is 940. The van der Waals surface area contributed by atoms with Crippen LogP contribution in [0.2, 0.25) is 0 Å². The standard InChI is InChI=1S/C26H30N2O3/c1-20(2)19-31-25-11-7-6-10-24(25)27-18-26(29)28-22-12-14-23(15-13-22)30-17-16-21-8-4-3-5-9-21/h3-15,20,27H,16-19H2,1-2H3,(H,28,29). The zero-order valence-electron chi connectivity index (χ0n) is 18.1. The van der Waals surface area contributed by atoms with Gasteiger partial charge in [-0.05, 0) is 47.9 Å². The third kappa shape index (κ3) is 7.70. The number of ether oxygens (including phenoxy) is 2. The van der Waals surface area contributed by atoms with Crippen molar-refractivity contribution in [3.63, 3.8) is 0 Å². The summed E-state index contributed by atoms with van der Waals surface area (Å²) in [5, 5.41) is 6.04. The second kappa shape index (κ2) is 11.6. The molecule has 0 aliphatic carbocycles. The van der Waals surface area contributed by atoms with Crippen LogP contribution in [-0.2, 0) is 11.2 Å². The van der Waals surface area contributed by atoms with Gasteiger partial charge in [0.15, 0.2) is 0 Å². The highest BCUT2D eigenvalue weighted by Crippen LogP contribution is 2.24. The van der Waals surface area contributed by atoms with Gasteiger partial charge >= 0.3 is 0 Å². The topological polar surface area (TPSA) is 59.6 Å². The molecule has 3 aromatic rings. The molecule has 0 fully saturated rings. The number of carbonyl (C=O) groups is 1. The van der Waals surface area contributed by atoms with Crippen molar-refractivity contribution in [2.75, 3.05) is 30.4 Å². The molecule has 0 saturated heterocycles. The van der Waals surface area contributed by atoms with Gasteiger partial charge in [0.05, 0.1) is 25.4 Å². The highest BCUT2D eigenvalue weighted by Gasteiger charge is 2.07. The fourth-order valence-corrected chi connectivity index (χ4v) is 2.94.